The summed E-state index contributed by atoms with van der Waals surface area (Å²) in [6, 6.07) is 20.6. The van der Waals surface area contributed by atoms with Gasteiger partial charge in [-0.3, -0.25) is 14.5 Å². The third-order valence-corrected chi connectivity index (χ3v) is 5.63. The number of benzene rings is 3. The van der Waals surface area contributed by atoms with Crippen molar-refractivity contribution in [1.82, 2.24) is 0 Å². The largest absolute Gasteiger partial charge is 0.507 e. The van der Waals surface area contributed by atoms with Crippen molar-refractivity contribution >= 4 is 23.1 Å². The van der Waals surface area contributed by atoms with Crippen LogP contribution in [0.1, 0.15) is 22.7 Å². The first-order valence-electron chi connectivity index (χ1n) is 10.1. The zero-order chi connectivity index (χ0) is 22.8. The standard InChI is InChI=1S/C26H23NO5/c1-16-9-7-8-12-19(16)23-22(24(28)20-14-13-18(31-2)15-21(20)32-3)25(29)26(30)27(23)17-10-5-4-6-11-17/h4-15,23,28H,1-3H3/b24-22+. The SMILES string of the molecule is COc1ccc(/C(O)=C2\C(=O)C(=O)N(c3ccccc3)C2c2ccccc2C)c(OC)c1. The Hall–Kier alpha value is -4.06. The lowest BCUT2D eigenvalue weighted by Crippen LogP contribution is -2.29. The fourth-order valence-corrected chi connectivity index (χ4v) is 4.01. The van der Waals surface area contributed by atoms with Gasteiger partial charge in [0.15, 0.2) is 0 Å². The molecule has 1 aliphatic rings. The monoisotopic (exact) mass is 429 g/mol. The first kappa shape index (κ1) is 21.2. The summed E-state index contributed by atoms with van der Waals surface area (Å²) in [6.07, 6.45) is 0. The fourth-order valence-electron chi connectivity index (χ4n) is 4.01. The lowest BCUT2D eigenvalue weighted by atomic mass is 9.92. The van der Waals surface area contributed by atoms with E-state index in [2.05, 4.69) is 0 Å². The van der Waals surface area contributed by atoms with Crippen LogP contribution < -0.4 is 14.4 Å². The van der Waals surface area contributed by atoms with E-state index in [1.165, 1.54) is 19.1 Å². The van der Waals surface area contributed by atoms with Crippen molar-refractivity contribution in [2.75, 3.05) is 19.1 Å². The molecule has 1 unspecified atom stereocenters. The molecule has 162 valence electrons. The Morgan fingerprint density at radius 3 is 2.25 bits per heavy atom. The molecule has 3 aromatic rings. The molecule has 32 heavy (non-hydrogen) atoms. The topological polar surface area (TPSA) is 76.1 Å². The third-order valence-electron chi connectivity index (χ3n) is 5.63. The van der Waals surface area contributed by atoms with Crippen LogP contribution in [0.2, 0.25) is 0 Å². The molecule has 1 amide bonds. The van der Waals surface area contributed by atoms with Crippen LogP contribution in [0.3, 0.4) is 0 Å². The molecule has 1 atom stereocenters. The second-order valence-electron chi connectivity index (χ2n) is 7.43. The molecular weight excluding hydrogens is 406 g/mol. The molecule has 6 heteroatoms. The molecule has 0 aromatic heterocycles. The van der Waals surface area contributed by atoms with Crippen molar-refractivity contribution in [3.63, 3.8) is 0 Å². The van der Waals surface area contributed by atoms with Gasteiger partial charge in [0.05, 0.1) is 31.4 Å². The summed E-state index contributed by atoms with van der Waals surface area (Å²) < 4.78 is 10.7. The molecule has 6 nitrogen and oxygen atoms in total. The summed E-state index contributed by atoms with van der Waals surface area (Å²) >= 11 is 0. The molecule has 1 fully saturated rings. The molecule has 1 heterocycles. The molecule has 0 spiro atoms. The van der Waals surface area contributed by atoms with Gasteiger partial charge in [0.25, 0.3) is 11.7 Å². The predicted molar refractivity (Wildman–Crippen MR) is 122 cm³/mol. The third kappa shape index (κ3) is 3.50. The lowest BCUT2D eigenvalue weighted by Gasteiger charge is -2.26. The van der Waals surface area contributed by atoms with Crippen LogP contribution in [0.5, 0.6) is 11.5 Å². The average Bonchev–Trinajstić information content (AvgIpc) is 3.09. The Balaban J connectivity index is 1.98. The number of para-hydroxylation sites is 1. The van der Waals surface area contributed by atoms with Crippen LogP contribution in [0.15, 0.2) is 78.4 Å². The maximum Gasteiger partial charge on any atom is 0.300 e. The number of carbonyl (C=O) groups excluding carboxylic acids is 2. The van der Waals surface area contributed by atoms with E-state index < -0.39 is 17.7 Å². The molecule has 4 rings (SSSR count). The Bertz CT molecular complexity index is 1220. The van der Waals surface area contributed by atoms with E-state index in [9.17, 15) is 14.7 Å². The summed E-state index contributed by atoms with van der Waals surface area (Å²) in [5.74, 6) is -0.875. The van der Waals surface area contributed by atoms with Crippen LogP contribution in [-0.4, -0.2) is 31.0 Å². The highest BCUT2D eigenvalue weighted by Crippen LogP contribution is 2.44. The number of aryl methyl sites for hydroxylation is 1. The predicted octanol–water partition coefficient (Wildman–Crippen LogP) is 4.64. The summed E-state index contributed by atoms with van der Waals surface area (Å²) in [4.78, 5) is 27.9. The zero-order valence-electron chi connectivity index (χ0n) is 18.0. The number of carbonyl (C=O) groups is 2. The Labute approximate surface area is 186 Å². The van der Waals surface area contributed by atoms with E-state index in [0.29, 0.717) is 22.7 Å². The minimum Gasteiger partial charge on any atom is -0.507 e. The summed E-state index contributed by atoms with van der Waals surface area (Å²) in [5.41, 5.74) is 2.54. The van der Waals surface area contributed by atoms with Crippen LogP contribution in [0, 0.1) is 6.92 Å². The molecule has 1 aliphatic heterocycles. The van der Waals surface area contributed by atoms with Crippen LogP contribution in [0.4, 0.5) is 5.69 Å². The van der Waals surface area contributed by atoms with Gasteiger partial charge < -0.3 is 14.6 Å². The van der Waals surface area contributed by atoms with E-state index >= 15 is 0 Å². The van der Waals surface area contributed by atoms with E-state index in [1.54, 1.807) is 42.5 Å². The molecule has 3 aromatic carbocycles. The summed E-state index contributed by atoms with van der Waals surface area (Å²) in [7, 11) is 2.99. The number of hydrogen-bond donors (Lipinski definition) is 1. The van der Waals surface area contributed by atoms with Gasteiger partial charge in [0.1, 0.15) is 17.3 Å². The Kier molecular flexibility index (Phi) is 5.69. The van der Waals surface area contributed by atoms with Gasteiger partial charge in [-0.25, -0.2) is 0 Å². The van der Waals surface area contributed by atoms with E-state index in [-0.39, 0.29) is 11.3 Å². The number of Topliss-reactive ketones (excluding diaryl/α,β-unsaturated/α-hetero) is 1. The van der Waals surface area contributed by atoms with E-state index in [1.807, 2.05) is 37.3 Å². The first-order chi connectivity index (χ1) is 15.5. The molecule has 0 radical (unpaired) electrons. The number of methoxy groups -OCH3 is 2. The van der Waals surface area contributed by atoms with Crippen molar-refractivity contribution in [3.05, 3.63) is 95.1 Å². The lowest BCUT2D eigenvalue weighted by molar-refractivity contribution is -0.132. The van der Waals surface area contributed by atoms with Gasteiger partial charge >= 0.3 is 0 Å². The quantitative estimate of drug-likeness (QED) is 0.363. The maximum absolute atomic E-state index is 13.2. The number of ketones is 1. The Morgan fingerprint density at radius 1 is 0.906 bits per heavy atom. The van der Waals surface area contributed by atoms with E-state index in [4.69, 9.17) is 9.47 Å². The van der Waals surface area contributed by atoms with E-state index in [0.717, 1.165) is 11.1 Å². The molecular formula is C26H23NO5. The van der Waals surface area contributed by atoms with Crippen LogP contribution in [0.25, 0.3) is 5.76 Å². The number of ether oxygens (including phenoxy) is 2. The summed E-state index contributed by atoms with van der Waals surface area (Å²) in [5, 5.41) is 11.3. The van der Waals surface area contributed by atoms with Gasteiger partial charge in [-0.05, 0) is 42.3 Å². The molecule has 0 saturated carbocycles. The van der Waals surface area contributed by atoms with Crippen molar-refractivity contribution < 1.29 is 24.2 Å². The number of hydrogen-bond acceptors (Lipinski definition) is 5. The average molecular weight is 429 g/mol. The Morgan fingerprint density at radius 2 is 1.59 bits per heavy atom. The van der Waals surface area contributed by atoms with Crippen molar-refractivity contribution in [1.29, 1.82) is 0 Å². The smallest absolute Gasteiger partial charge is 0.300 e. The summed E-state index contributed by atoms with van der Waals surface area (Å²) in [6.45, 7) is 1.91. The number of nitrogens with zero attached hydrogens (tertiary/aromatic N) is 1. The minimum absolute atomic E-state index is 0.0108. The van der Waals surface area contributed by atoms with Crippen molar-refractivity contribution in [2.45, 2.75) is 13.0 Å². The highest BCUT2D eigenvalue weighted by molar-refractivity contribution is 6.51. The normalized spacial score (nSPS) is 17.5. The van der Waals surface area contributed by atoms with Gasteiger partial charge in [-0.2, -0.15) is 0 Å². The number of aliphatic hydroxyl groups excluding tert-OH is 1. The first-order valence-corrected chi connectivity index (χ1v) is 10.1. The molecule has 0 bridgehead atoms. The van der Waals surface area contributed by atoms with Crippen molar-refractivity contribution in [2.24, 2.45) is 0 Å². The number of amides is 1. The fraction of sp³-hybridized carbons (Fsp3) is 0.154. The molecule has 0 aliphatic carbocycles. The second-order valence-corrected chi connectivity index (χ2v) is 7.43. The second kappa shape index (κ2) is 8.59. The van der Waals surface area contributed by atoms with Gasteiger partial charge in [0.2, 0.25) is 0 Å². The maximum atomic E-state index is 13.2. The highest BCUT2D eigenvalue weighted by atomic mass is 16.5. The number of aliphatic hydroxyl groups is 1. The van der Waals surface area contributed by atoms with Gasteiger partial charge in [-0.1, -0.05) is 42.5 Å². The minimum atomic E-state index is -0.787. The molecule has 1 saturated heterocycles. The van der Waals surface area contributed by atoms with Gasteiger partial charge in [0, 0.05) is 11.8 Å². The van der Waals surface area contributed by atoms with Crippen LogP contribution >= 0.6 is 0 Å². The highest BCUT2D eigenvalue weighted by Gasteiger charge is 2.47. The van der Waals surface area contributed by atoms with Gasteiger partial charge in [-0.15, -0.1) is 0 Å². The number of rotatable bonds is 5. The molecule has 1 N–H and O–H groups in total. The van der Waals surface area contributed by atoms with Crippen LogP contribution in [-0.2, 0) is 9.59 Å². The zero-order valence-corrected chi connectivity index (χ0v) is 18.0. The number of anilines is 1. The van der Waals surface area contributed by atoms with Crippen molar-refractivity contribution in [3.8, 4) is 11.5 Å².